The highest BCUT2D eigenvalue weighted by atomic mass is 35.5. The lowest BCUT2D eigenvalue weighted by Gasteiger charge is -2.29. The van der Waals surface area contributed by atoms with E-state index in [2.05, 4.69) is 10.6 Å². The second-order valence-corrected chi connectivity index (χ2v) is 8.75. The molecule has 0 aromatic heterocycles. The first-order valence-electron chi connectivity index (χ1n) is 9.58. The van der Waals surface area contributed by atoms with Crippen LogP contribution in [-0.4, -0.2) is 29.0 Å². The largest absolute Gasteiger partial charge is 0.349 e. The number of piperidine rings is 1. The Kier molecular flexibility index (Phi) is 6.82. The first kappa shape index (κ1) is 21.6. The van der Waals surface area contributed by atoms with Gasteiger partial charge in [-0.05, 0) is 56.9 Å². The van der Waals surface area contributed by atoms with Gasteiger partial charge in [0.1, 0.15) is 0 Å². The summed E-state index contributed by atoms with van der Waals surface area (Å²) in [4.78, 5) is 25.3. The summed E-state index contributed by atoms with van der Waals surface area (Å²) in [5, 5.41) is 18.2. The molecule has 0 aliphatic carbocycles. The summed E-state index contributed by atoms with van der Waals surface area (Å²) in [5.74, 6) is -0.235. The van der Waals surface area contributed by atoms with Crippen LogP contribution in [0.1, 0.15) is 41.6 Å². The van der Waals surface area contributed by atoms with Crippen LogP contribution in [0, 0.1) is 17.0 Å². The van der Waals surface area contributed by atoms with Crippen molar-refractivity contribution >= 4 is 35.8 Å². The molecule has 0 spiro atoms. The Bertz CT molecular complexity index is 895. The molecule has 29 heavy (non-hydrogen) atoms. The predicted octanol–water partition coefficient (Wildman–Crippen LogP) is 4.49. The van der Waals surface area contributed by atoms with Crippen molar-refractivity contribution in [3.8, 4) is 0 Å². The lowest BCUT2D eigenvalue weighted by atomic mass is 9.99. The van der Waals surface area contributed by atoms with Gasteiger partial charge in [-0.25, -0.2) is 0 Å². The molecule has 2 aromatic rings. The molecule has 2 N–H and O–H groups in total. The molecule has 6 nitrogen and oxygen atoms in total. The Hall–Kier alpha value is -2.09. The van der Waals surface area contributed by atoms with E-state index in [0.717, 1.165) is 36.1 Å². The number of nitrogens with zero attached hydrogens (tertiary/aromatic N) is 1. The fourth-order valence-corrected chi connectivity index (χ4v) is 4.96. The molecule has 2 fully saturated rings. The average Bonchev–Trinajstić information content (AvgIpc) is 3.02. The number of halogens is 1. The number of rotatable bonds is 5. The molecule has 4 rings (SSSR count). The van der Waals surface area contributed by atoms with Crippen molar-refractivity contribution in [1.29, 1.82) is 0 Å². The van der Waals surface area contributed by atoms with Crippen molar-refractivity contribution in [1.82, 2.24) is 10.6 Å². The van der Waals surface area contributed by atoms with Gasteiger partial charge in [0, 0.05) is 34.7 Å². The maximum Gasteiger partial charge on any atom is 0.284 e. The fraction of sp³-hybridized carbons (Fsp3) is 0.381. The van der Waals surface area contributed by atoms with Crippen LogP contribution in [0.2, 0.25) is 0 Å². The quantitative estimate of drug-likeness (QED) is 0.536. The maximum atomic E-state index is 12.7. The molecule has 154 valence electrons. The van der Waals surface area contributed by atoms with E-state index in [1.807, 2.05) is 31.2 Å². The molecular formula is C21H24ClN3O3S. The molecule has 2 bridgehead atoms. The summed E-state index contributed by atoms with van der Waals surface area (Å²) in [6.45, 7) is 2.00. The smallest absolute Gasteiger partial charge is 0.284 e. The molecule has 0 radical (unpaired) electrons. The Labute approximate surface area is 180 Å². The van der Waals surface area contributed by atoms with Crippen LogP contribution in [0.5, 0.6) is 0 Å². The van der Waals surface area contributed by atoms with Crippen molar-refractivity contribution in [3.63, 3.8) is 0 Å². The van der Waals surface area contributed by atoms with Crippen LogP contribution in [0.4, 0.5) is 5.69 Å². The molecular weight excluding hydrogens is 410 g/mol. The summed E-state index contributed by atoms with van der Waals surface area (Å²) < 4.78 is 0. The van der Waals surface area contributed by atoms with E-state index in [1.165, 1.54) is 17.8 Å². The minimum Gasteiger partial charge on any atom is -0.349 e. The number of hydrogen-bond donors (Lipinski definition) is 2. The minimum atomic E-state index is -0.419. The maximum absolute atomic E-state index is 12.7. The Morgan fingerprint density at radius 2 is 1.79 bits per heavy atom. The molecule has 2 saturated heterocycles. The lowest BCUT2D eigenvalue weighted by Crippen LogP contribution is -2.48. The zero-order valence-electron chi connectivity index (χ0n) is 16.1. The standard InChI is InChI=1S/C21H23N3O3S.ClH/c1-13-2-7-18(8-3-13)28-20-9-4-14(10-19(20)24(26)27)21(25)23-17-11-15-5-6-16(12-17)22-15;/h2-4,7-10,15-17,22H,5-6,11-12H2,1H3,(H,23,25);1H. The van der Waals surface area contributed by atoms with Crippen LogP contribution in [0.25, 0.3) is 0 Å². The highest BCUT2D eigenvalue weighted by Gasteiger charge is 2.34. The molecule has 1 amide bonds. The lowest BCUT2D eigenvalue weighted by molar-refractivity contribution is -0.387. The van der Waals surface area contributed by atoms with Crippen LogP contribution >= 0.6 is 24.2 Å². The van der Waals surface area contributed by atoms with E-state index in [0.29, 0.717) is 22.5 Å². The number of nitro benzene ring substituents is 1. The van der Waals surface area contributed by atoms with Crippen LogP contribution in [-0.2, 0) is 0 Å². The summed E-state index contributed by atoms with van der Waals surface area (Å²) in [6.07, 6.45) is 4.16. The van der Waals surface area contributed by atoms with Crippen molar-refractivity contribution in [3.05, 3.63) is 63.7 Å². The zero-order chi connectivity index (χ0) is 19.7. The molecule has 8 heteroatoms. The van der Waals surface area contributed by atoms with Crippen molar-refractivity contribution in [2.75, 3.05) is 0 Å². The molecule has 0 saturated carbocycles. The second-order valence-electron chi connectivity index (χ2n) is 7.63. The highest BCUT2D eigenvalue weighted by molar-refractivity contribution is 7.99. The number of nitro groups is 1. The van der Waals surface area contributed by atoms with Gasteiger partial charge in [-0.1, -0.05) is 29.5 Å². The summed E-state index contributed by atoms with van der Waals surface area (Å²) in [6, 6.07) is 13.7. The summed E-state index contributed by atoms with van der Waals surface area (Å²) in [7, 11) is 0. The van der Waals surface area contributed by atoms with Crippen molar-refractivity contribution in [2.24, 2.45) is 0 Å². The zero-order valence-corrected chi connectivity index (χ0v) is 17.7. The summed E-state index contributed by atoms with van der Waals surface area (Å²) >= 11 is 1.33. The first-order chi connectivity index (χ1) is 13.5. The van der Waals surface area contributed by atoms with Gasteiger partial charge in [-0.15, -0.1) is 12.4 Å². The van der Waals surface area contributed by atoms with Crippen LogP contribution in [0.3, 0.4) is 0 Å². The number of aryl methyl sites for hydroxylation is 1. The minimum absolute atomic E-state index is 0. The third-order valence-corrected chi connectivity index (χ3v) is 6.55. The molecule has 2 atom stereocenters. The number of carbonyl (C=O) groups excluding carboxylic acids is 1. The number of hydrogen-bond acceptors (Lipinski definition) is 5. The number of amides is 1. The fourth-order valence-electron chi connectivity index (χ4n) is 4.06. The number of benzene rings is 2. The third kappa shape index (κ3) is 5.10. The predicted molar refractivity (Wildman–Crippen MR) is 116 cm³/mol. The van der Waals surface area contributed by atoms with E-state index in [-0.39, 0.29) is 30.0 Å². The average molecular weight is 434 g/mol. The molecule has 2 aliphatic heterocycles. The van der Waals surface area contributed by atoms with Gasteiger partial charge in [0.2, 0.25) is 0 Å². The second kappa shape index (κ2) is 9.15. The highest BCUT2D eigenvalue weighted by Crippen LogP contribution is 2.35. The van der Waals surface area contributed by atoms with E-state index in [1.54, 1.807) is 12.1 Å². The van der Waals surface area contributed by atoms with Gasteiger partial charge in [0.15, 0.2) is 0 Å². The molecule has 2 heterocycles. The molecule has 2 unspecified atom stereocenters. The van der Waals surface area contributed by atoms with Gasteiger partial charge in [0.05, 0.1) is 9.82 Å². The Morgan fingerprint density at radius 1 is 1.14 bits per heavy atom. The number of fused-ring (bicyclic) bond motifs is 2. The van der Waals surface area contributed by atoms with Crippen LogP contribution in [0.15, 0.2) is 52.3 Å². The molecule has 2 aromatic carbocycles. The Morgan fingerprint density at radius 3 is 2.41 bits per heavy atom. The number of nitrogens with one attached hydrogen (secondary N) is 2. The van der Waals surface area contributed by atoms with Crippen molar-refractivity contribution < 1.29 is 9.72 Å². The van der Waals surface area contributed by atoms with E-state index in [9.17, 15) is 14.9 Å². The Balaban J connectivity index is 0.00000240. The van der Waals surface area contributed by atoms with Crippen molar-refractivity contribution in [2.45, 2.75) is 60.5 Å². The van der Waals surface area contributed by atoms with Gasteiger partial charge < -0.3 is 10.6 Å². The van der Waals surface area contributed by atoms with E-state index in [4.69, 9.17) is 0 Å². The van der Waals surface area contributed by atoms with E-state index >= 15 is 0 Å². The van der Waals surface area contributed by atoms with Gasteiger partial charge in [-0.2, -0.15) is 0 Å². The van der Waals surface area contributed by atoms with E-state index < -0.39 is 4.92 Å². The van der Waals surface area contributed by atoms with Gasteiger partial charge in [-0.3, -0.25) is 14.9 Å². The topological polar surface area (TPSA) is 84.3 Å². The SMILES string of the molecule is Cc1ccc(Sc2ccc(C(=O)NC3CC4CCC(C3)N4)cc2[N+](=O)[O-])cc1.Cl. The monoisotopic (exact) mass is 433 g/mol. The van der Waals surface area contributed by atoms with Gasteiger partial charge >= 0.3 is 0 Å². The van der Waals surface area contributed by atoms with Crippen LogP contribution < -0.4 is 10.6 Å². The number of carbonyl (C=O) groups is 1. The first-order valence-corrected chi connectivity index (χ1v) is 10.4. The summed E-state index contributed by atoms with van der Waals surface area (Å²) in [5.41, 5.74) is 1.44. The molecule has 2 aliphatic rings. The van der Waals surface area contributed by atoms with Gasteiger partial charge in [0.25, 0.3) is 11.6 Å². The third-order valence-electron chi connectivity index (χ3n) is 5.47. The normalized spacial score (nSPS) is 22.6.